The molecule has 4 aliphatic rings. The number of nitrogens with two attached hydrogens (primary N) is 1. The van der Waals surface area contributed by atoms with E-state index in [4.69, 9.17) is 33.7 Å². The van der Waals surface area contributed by atoms with E-state index >= 15 is 0 Å². The fraction of sp³-hybridized carbons (Fsp3) is 0.241. The van der Waals surface area contributed by atoms with Crippen molar-refractivity contribution in [2.45, 2.75) is 28.8 Å². The number of carbonyl (C=O) groups is 4. The summed E-state index contributed by atoms with van der Waals surface area (Å²) in [6.07, 6.45) is -0.597. The van der Waals surface area contributed by atoms with Crippen molar-refractivity contribution in [1.29, 1.82) is 0 Å². The smallest absolute Gasteiger partial charge is 0.330 e. The van der Waals surface area contributed by atoms with Gasteiger partial charge in [-0.25, -0.2) is 4.79 Å². The fourth-order valence-corrected chi connectivity index (χ4v) is 7.66. The number of primary amides is 1. The predicted molar refractivity (Wildman–Crippen MR) is 147 cm³/mol. The van der Waals surface area contributed by atoms with Crippen LogP contribution in [0.1, 0.15) is 34.2 Å². The number of likely N-dealkylation sites (tertiary alicyclic amines) is 1. The molecule has 0 aromatic heterocycles. The molecule has 3 amide bonds. The molecule has 1 fully saturated rings. The Hall–Kier alpha value is -3.20. The number of hydrogen-bond acceptors (Lipinski definition) is 5. The maximum atomic E-state index is 14.1. The average Bonchev–Trinajstić information content (AvgIpc) is 3.20. The van der Waals surface area contributed by atoms with Gasteiger partial charge in [0.25, 0.3) is 0 Å². The summed E-state index contributed by atoms with van der Waals surface area (Å²) >= 11 is 18.2. The van der Waals surface area contributed by atoms with Crippen LogP contribution in [-0.4, -0.2) is 34.6 Å². The van der Waals surface area contributed by atoms with Crippen LogP contribution in [0.4, 0.5) is 0 Å². The van der Waals surface area contributed by atoms with E-state index in [1.807, 2.05) is 0 Å². The SMILES string of the molecule is NC(=O)C[C@H](C(=O)OCc1ccc(Br)cc1)N1C(=O)[C@@H]2[C@H](C1=O)C1(Cl)c3ccccc3C2(Cl)c2ccccc21. The molecule has 3 aromatic carbocycles. The highest BCUT2D eigenvalue weighted by Gasteiger charge is 2.73. The molecule has 0 spiro atoms. The van der Waals surface area contributed by atoms with E-state index in [0.29, 0.717) is 27.8 Å². The molecule has 0 unspecified atom stereocenters. The van der Waals surface area contributed by atoms with Crippen LogP contribution in [0.15, 0.2) is 77.3 Å². The summed E-state index contributed by atoms with van der Waals surface area (Å²) in [4.78, 5) is 51.6. The summed E-state index contributed by atoms with van der Waals surface area (Å²) in [5, 5.41) is 0. The molecule has 1 saturated heterocycles. The van der Waals surface area contributed by atoms with Crippen LogP contribution in [0.5, 0.6) is 0 Å². The first-order chi connectivity index (χ1) is 18.6. The molecule has 2 bridgehead atoms. The van der Waals surface area contributed by atoms with Crippen LogP contribution < -0.4 is 5.73 Å². The van der Waals surface area contributed by atoms with Gasteiger partial charge in [0.1, 0.15) is 22.4 Å². The van der Waals surface area contributed by atoms with Crippen molar-refractivity contribution in [3.05, 3.63) is 105 Å². The van der Waals surface area contributed by atoms with Gasteiger partial charge in [0.05, 0.1) is 18.3 Å². The fourth-order valence-electron chi connectivity index (χ4n) is 6.30. The van der Waals surface area contributed by atoms with Crippen molar-refractivity contribution in [2.24, 2.45) is 17.6 Å². The normalized spacial score (nSPS) is 27.0. The first kappa shape index (κ1) is 26.0. The molecule has 0 saturated carbocycles. The number of carbonyl (C=O) groups excluding carboxylic acids is 4. The second-order valence-electron chi connectivity index (χ2n) is 9.94. The van der Waals surface area contributed by atoms with Crippen molar-refractivity contribution in [3.63, 3.8) is 0 Å². The van der Waals surface area contributed by atoms with Crippen molar-refractivity contribution in [2.75, 3.05) is 0 Å². The molecule has 2 N–H and O–H groups in total. The third-order valence-corrected chi connectivity index (χ3v) is 9.71. The van der Waals surface area contributed by atoms with E-state index < -0.39 is 57.7 Å². The van der Waals surface area contributed by atoms with Gasteiger partial charge in [-0.3, -0.25) is 19.3 Å². The van der Waals surface area contributed by atoms with E-state index in [0.717, 1.165) is 9.37 Å². The summed E-state index contributed by atoms with van der Waals surface area (Å²) in [7, 11) is 0. The van der Waals surface area contributed by atoms with E-state index in [1.165, 1.54) is 0 Å². The predicted octanol–water partition coefficient (Wildman–Crippen LogP) is 4.33. The zero-order chi connectivity index (χ0) is 27.7. The first-order valence-corrected chi connectivity index (χ1v) is 13.8. The first-order valence-electron chi connectivity index (χ1n) is 12.2. The van der Waals surface area contributed by atoms with Gasteiger partial charge >= 0.3 is 5.97 Å². The molecule has 198 valence electrons. The van der Waals surface area contributed by atoms with Gasteiger partial charge < -0.3 is 10.5 Å². The molecule has 7 rings (SSSR count). The molecule has 39 heavy (non-hydrogen) atoms. The molecule has 10 heteroatoms. The van der Waals surface area contributed by atoms with Crippen LogP contribution in [-0.2, 0) is 40.3 Å². The van der Waals surface area contributed by atoms with Gasteiger partial charge in [0, 0.05) is 4.47 Å². The Morgan fingerprint density at radius 2 is 1.28 bits per heavy atom. The number of halogens is 3. The quantitative estimate of drug-likeness (QED) is 0.249. The largest absolute Gasteiger partial charge is 0.459 e. The average molecular weight is 628 g/mol. The van der Waals surface area contributed by atoms with Gasteiger partial charge in [-0.1, -0.05) is 76.6 Å². The number of imide groups is 1. The lowest BCUT2D eigenvalue weighted by Gasteiger charge is -2.54. The number of amides is 3. The number of hydrogen-bond donors (Lipinski definition) is 1. The lowest BCUT2D eigenvalue weighted by atomic mass is 9.54. The van der Waals surface area contributed by atoms with Gasteiger partial charge in [-0.15, -0.1) is 23.2 Å². The molecule has 1 aliphatic heterocycles. The van der Waals surface area contributed by atoms with Gasteiger partial charge in [0.15, 0.2) is 0 Å². The van der Waals surface area contributed by atoms with Crippen LogP contribution in [0.25, 0.3) is 0 Å². The van der Waals surface area contributed by atoms with Crippen LogP contribution in [0, 0.1) is 11.8 Å². The molecule has 3 aliphatic carbocycles. The van der Waals surface area contributed by atoms with Crippen molar-refractivity contribution in [3.8, 4) is 0 Å². The highest BCUT2D eigenvalue weighted by molar-refractivity contribution is 9.10. The Balaban J connectivity index is 1.42. The van der Waals surface area contributed by atoms with Gasteiger partial charge in [-0.05, 0) is 39.9 Å². The molecular formula is C29H21BrCl2N2O5. The third-order valence-electron chi connectivity index (χ3n) is 7.89. The minimum Gasteiger partial charge on any atom is -0.459 e. The summed E-state index contributed by atoms with van der Waals surface area (Å²) in [5.41, 5.74) is 8.68. The minimum atomic E-state index is -1.56. The molecular weight excluding hydrogens is 607 g/mol. The number of nitrogens with zero attached hydrogens (tertiary/aromatic N) is 1. The monoisotopic (exact) mass is 626 g/mol. The van der Waals surface area contributed by atoms with Gasteiger partial charge in [0.2, 0.25) is 17.7 Å². The topological polar surface area (TPSA) is 107 Å². The summed E-state index contributed by atoms with van der Waals surface area (Å²) < 4.78 is 6.31. The second kappa shape index (κ2) is 9.18. The Labute approximate surface area is 242 Å². The number of rotatable bonds is 6. The maximum absolute atomic E-state index is 14.1. The van der Waals surface area contributed by atoms with E-state index in [9.17, 15) is 19.2 Å². The number of benzene rings is 3. The molecule has 3 aromatic rings. The molecule has 0 radical (unpaired) electrons. The van der Waals surface area contributed by atoms with Gasteiger partial charge in [-0.2, -0.15) is 0 Å². The van der Waals surface area contributed by atoms with E-state index in [-0.39, 0.29) is 6.61 Å². The second-order valence-corrected chi connectivity index (χ2v) is 12.0. The van der Waals surface area contributed by atoms with Crippen LogP contribution >= 0.6 is 39.1 Å². The Kier molecular flexibility index (Phi) is 6.13. The summed E-state index contributed by atoms with van der Waals surface area (Å²) in [5.74, 6) is -5.40. The molecule has 1 heterocycles. The Bertz CT molecular complexity index is 1440. The zero-order valence-electron chi connectivity index (χ0n) is 20.3. The Morgan fingerprint density at radius 1 is 0.846 bits per heavy atom. The number of ether oxygens (including phenoxy) is 1. The van der Waals surface area contributed by atoms with E-state index in [1.54, 1.807) is 72.8 Å². The minimum absolute atomic E-state index is 0.125. The molecule has 7 nitrogen and oxygen atoms in total. The number of alkyl halides is 2. The lowest BCUT2D eigenvalue weighted by molar-refractivity contribution is -0.160. The standard InChI is InChI=1S/C29H21BrCl2N2O5/c30-16-11-9-15(10-12-16)14-39-27(38)21(13-22(33)35)34-25(36)23-24(26(34)37)29(32)18-6-2-1-5-17(18)28(23,31)19-7-3-4-8-20(19)29/h1-12,21,23-24H,13-14H2,(H2,33,35)/t21-,23-,24+,28?,29?/m1/s1. The summed E-state index contributed by atoms with van der Waals surface area (Å²) in [6, 6.07) is 19.9. The van der Waals surface area contributed by atoms with Crippen molar-refractivity contribution in [1.82, 2.24) is 4.90 Å². The summed E-state index contributed by atoms with van der Waals surface area (Å²) in [6.45, 7) is -0.125. The maximum Gasteiger partial charge on any atom is 0.330 e. The highest BCUT2D eigenvalue weighted by Crippen LogP contribution is 2.69. The van der Waals surface area contributed by atoms with E-state index in [2.05, 4.69) is 15.9 Å². The van der Waals surface area contributed by atoms with Crippen LogP contribution in [0.3, 0.4) is 0 Å². The molecule has 3 atom stereocenters. The third kappa shape index (κ3) is 3.61. The number of esters is 1. The van der Waals surface area contributed by atoms with Crippen LogP contribution in [0.2, 0.25) is 0 Å². The van der Waals surface area contributed by atoms with Crippen molar-refractivity contribution >= 4 is 62.8 Å². The highest BCUT2D eigenvalue weighted by atomic mass is 79.9. The lowest BCUT2D eigenvalue weighted by Crippen LogP contribution is -2.57. The zero-order valence-corrected chi connectivity index (χ0v) is 23.4. The Morgan fingerprint density at radius 3 is 1.69 bits per heavy atom. The van der Waals surface area contributed by atoms with Crippen molar-refractivity contribution < 1.29 is 23.9 Å².